The summed E-state index contributed by atoms with van der Waals surface area (Å²) in [6.45, 7) is 4.46. The number of carbonyl (C=O) groups is 4. The van der Waals surface area contributed by atoms with E-state index in [1.165, 1.54) is 27.7 Å². The predicted molar refractivity (Wildman–Crippen MR) is 79.6 cm³/mol. The topological polar surface area (TPSA) is 117 Å². The van der Waals surface area contributed by atoms with Gasteiger partial charge in [-0.3, -0.25) is 19.2 Å². The van der Waals surface area contributed by atoms with Gasteiger partial charge in [-0.05, 0) is 0 Å². The van der Waals surface area contributed by atoms with Crippen LogP contribution in [0.1, 0.15) is 34.1 Å². The number of hydrogen-bond donors (Lipinski definition) is 1. The molecule has 1 fully saturated rings. The third-order valence-corrected chi connectivity index (χ3v) is 3.31. The molecule has 1 saturated heterocycles. The summed E-state index contributed by atoms with van der Waals surface area (Å²) in [5.74, 6) is -2.35. The molecule has 0 saturated carbocycles. The first-order valence-electron chi connectivity index (χ1n) is 7.15. The highest BCUT2D eigenvalue weighted by Crippen LogP contribution is 2.34. The lowest BCUT2D eigenvalue weighted by atomic mass is 10.00. The molecule has 24 heavy (non-hydrogen) atoms. The lowest BCUT2D eigenvalue weighted by molar-refractivity contribution is -0.228. The predicted octanol–water partition coefficient (Wildman–Crippen LogP) is 0.230. The highest BCUT2D eigenvalue weighted by atomic mass is 35.5. The van der Waals surface area contributed by atoms with E-state index < -0.39 is 47.3 Å². The van der Waals surface area contributed by atoms with Crippen LogP contribution in [0.2, 0.25) is 0 Å². The van der Waals surface area contributed by atoms with Gasteiger partial charge in [0.1, 0.15) is 18.8 Å². The van der Waals surface area contributed by atoms with Gasteiger partial charge in [-0.15, -0.1) is 0 Å². The lowest BCUT2D eigenvalue weighted by Gasteiger charge is -2.44. The Kier molecular flexibility index (Phi) is 6.97. The number of halogens is 1. The number of carbonyl (C=O) groups excluding carboxylic acids is 4. The van der Waals surface area contributed by atoms with Gasteiger partial charge in [-0.1, -0.05) is 11.6 Å². The molecule has 1 N–H and O–H groups in total. The fourth-order valence-corrected chi connectivity index (χ4v) is 2.71. The highest BCUT2D eigenvalue weighted by molar-refractivity contribution is 6.23. The molecule has 1 unspecified atom stereocenters. The fourth-order valence-electron chi connectivity index (χ4n) is 2.31. The quantitative estimate of drug-likeness (QED) is 0.318. The van der Waals surface area contributed by atoms with Crippen molar-refractivity contribution in [3.63, 3.8) is 0 Å². The average Bonchev–Trinajstić information content (AvgIpc) is 2.37. The van der Waals surface area contributed by atoms with Gasteiger partial charge in [0.2, 0.25) is 11.1 Å². The van der Waals surface area contributed by atoms with Crippen LogP contribution in [-0.2, 0) is 38.1 Å². The minimum Gasteiger partial charge on any atom is -0.463 e. The second-order valence-electron chi connectivity index (χ2n) is 5.29. The largest absolute Gasteiger partial charge is 0.463 e. The molecule has 1 amide bonds. The summed E-state index contributed by atoms with van der Waals surface area (Å²) >= 11 is 6.23. The number of esters is 3. The van der Waals surface area contributed by atoms with Gasteiger partial charge in [0, 0.05) is 27.7 Å². The van der Waals surface area contributed by atoms with Gasteiger partial charge in [-0.25, -0.2) is 0 Å². The van der Waals surface area contributed by atoms with Crippen LogP contribution in [0.5, 0.6) is 0 Å². The SMILES string of the molecule is CC(=O)NC1(Cl)C[C@@H](OC(C)=O)[C@H](OC(C)=O)[C@@H](COC(C)=O)O1. The van der Waals surface area contributed by atoms with E-state index in [1.54, 1.807) is 0 Å². The third kappa shape index (κ3) is 6.32. The van der Waals surface area contributed by atoms with Crippen LogP contribution in [0, 0.1) is 0 Å². The second-order valence-corrected chi connectivity index (χ2v) is 5.91. The zero-order valence-electron chi connectivity index (χ0n) is 13.8. The minimum atomic E-state index is -1.70. The van der Waals surface area contributed by atoms with Crippen molar-refractivity contribution in [1.82, 2.24) is 5.32 Å². The van der Waals surface area contributed by atoms with E-state index in [1.807, 2.05) is 0 Å². The Hall–Kier alpha value is -1.87. The summed E-state index contributed by atoms with van der Waals surface area (Å²) < 4.78 is 20.7. The Labute approximate surface area is 143 Å². The summed E-state index contributed by atoms with van der Waals surface area (Å²) in [6, 6.07) is 0. The summed E-state index contributed by atoms with van der Waals surface area (Å²) in [6.07, 6.45) is -3.25. The van der Waals surface area contributed by atoms with Crippen molar-refractivity contribution in [2.45, 2.75) is 57.6 Å². The number of ether oxygens (including phenoxy) is 4. The molecule has 4 atom stereocenters. The molecule has 10 heteroatoms. The molecule has 0 aromatic heterocycles. The normalized spacial score (nSPS) is 29.3. The molecule has 1 aliphatic heterocycles. The molecule has 0 aromatic carbocycles. The first-order valence-corrected chi connectivity index (χ1v) is 7.53. The maximum absolute atomic E-state index is 11.3. The Morgan fingerprint density at radius 2 is 1.67 bits per heavy atom. The summed E-state index contributed by atoms with van der Waals surface area (Å²) in [4.78, 5) is 45.0. The van der Waals surface area contributed by atoms with Crippen molar-refractivity contribution >= 4 is 35.4 Å². The number of amides is 1. The van der Waals surface area contributed by atoms with Gasteiger partial charge < -0.3 is 24.3 Å². The minimum absolute atomic E-state index is 0.164. The highest BCUT2D eigenvalue weighted by Gasteiger charge is 2.50. The lowest BCUT2D eigenvalue weighted by Crippen LogP contribution is -2.61. The molecule has 0 radical (unpaired) electrons. The number of alkyl halides is 1. The van der Waals surface area contributed by atoms with Crippen LogP contribution < -0.4 is 5.32 Å². The molecular formula is C14H20ClNO8. The van der Waals surface area contributed by atoms with E-state index in [0.717, 1.165) is 0 Å². The van der Waals surface area contributed by atoms with Crippen molar-refractivity contribution < 1.29 is 38.1 Å². The van der Waals surface area contributed by atoms with E-state index >= 15 is 0 Å². The molecule has 9 nitrogen and oxygen atoms in total. The fraction of sp³-hybridized carbons (Fsp3) is 0.714. The molecule has 136 valence electrons. The van der Waals surface area contributed by atoms with Crippen molar-refractivity contribution in [3.05, 3.63) is 0 Å². The molecule has 1 rings (SSSR count). The molecule has 0 aliphatic carbocycles. The van der Waals surface area contributed by atoms with Crippen LogP contribution in [0.15, 0.2) is 0 Å². The zero-order chi connectivity index (χ0) is 18.5. The van der Waals surface area contributed by atoms with Crippen LogP contribution >= 0.6 is 11.6 Å². The van der Waals surface area contributed by atoms with Crippen molar-refractivity contribution in [2.24, 2.45) is 0 Å². The Morgan fingerprint density at radius 3 is 2.12 bits per heavy atom. The molecule has 1 heterocycles. The van der Waals surface area contributed by atoms with Crippen LogP contribution in [0.25, 0.3) is 0 Å². The first kappa shape index (κ1) is 20.2. The molecule has 0 spiro atoms. The molecule has 0 bridgehead atoms. The van der Waals surface area contributed by atoms with E-state index in [4.69, 9.17) is 30.5 Å². The first-order chi connectivity index (χ1) is 11.0. The standard InChI is InChI=1S/C14H20ClNO8/c1-7(17)16-14(15)5-11(22-9(3)19)13(23-10(4)20)12(24-14)6-21-8(2)18/h11-13H,5-6H2,1-4H3,(H,16,17)/t11-,12-,13+,14?/m1/s1. The summed E-state index contributed by atoms with van der Waals surface area (Å²) in [5, 5.41) is 0.684. The molecule has 0 aromatic rings. The maximum Gasteiger partial charge on any atom is 0.303 e. The summed E-state index contributed by atoms with van der Waals surface area (Å²) in [5.41, 5.74) is 0. The smallest absolute Gasteiger partial charge is 0.303 e. The van der Waals surface area contributed by atoms with Crippen molar-refractivity contribution in [2.75, 3.05) is 6.61 Å². The monoisotopic (exact) mass is 365 g/mol. The Morgan fingerprint density at radius 1 is 1.08 bits per heavy atom. The van der Waals surface area contributed by atoms with E-state index in [0.29, 0.717) is 0 Å². The third-order valence-electron chi connectivity index (χ3n) is 2.97. The Balaban J connectivity index is 3.08. The molecular weight excluding hydrogens is 346 g/mol. The van der Waals surface area contributed by atoms with E-state index in [2.05, 4.69) is 5.32 Å². The van der Waals surface area contributed by atoms with Gasteiger partial charge in [0.05, 0.1) is 6.42 Å². The van der Waals surface area contributed by atoms with Gasteiger partial charge in [-0.2, -0.15) is 0 Å². The average molecular weight is 366 g/mol. The van der Waals surface area contributed by atoms with E-state index in [-0.39, 0.29) is 13.0 Å². The number of hydrogen-bond acceptors (Lipinski definition) is 8. The van der Waals surface area contributed by atoms with Crippen LogP contribution in [0.3, 0.4) is 0 Å². The van der Waals surface area contributed by atoms with Crippen LogP contribution in [-0.4, -0.2) is 53.9 Å². The van der Waals surface area contributed by atoms with Gasteiger partial charge in [0.15, 0.2) is 6.10 Å². The van der Waals surface area contributed by atoms with Crippen molar-refractivity contribution in [3.8, 4) is 0 Å². The molecule has 1 aliphatic rings. The Bertz CT molecular complexity index is 525. The van der Waals surface area contributed by atoms with Gasteiger partial charge in [0.25, 0.3) is 0 Å². The number of rotatable bonds is 5. The van der Waals surface area contributed by atoms with E-state index in [9.17, 15) is 19.2 Å². The van der Waals surface area contributed by atoms with Crippen LogP contribution in [0.4, 0.5) is 0 Å². The number of nitrogens with one attached hydrogen (secondary N) is 1. The maximum atomic E-state index is 11.3. The van der Waals surface area contributed by atoms with Gasteiger partial charge >= 0.3 is 17.9 Å². The second kappa shape index (κ2) is 8.29. The van der Waals surface area contributed by atoms with Crippen molar-refractivity contribution in [1.29, 1.82) is 0 Å². The summed E-state index contributed by atoms with van der Waals surface area (Å²) in [7, 11) is 0. The zero-order valence-corrected chi connectivity index (χ0v) is 14.5.